The average Bonchev–Trinajstić information content (AvgIpc) is 2.27. The van der Waals surface area contributed by atoms with Crippen LogP contribution in [0.3, 0.4) is 0 Å². The monoisotopic (exact) mass is 352 g/mol. The van der Waals surface area contributed by atoms with Gasteiger partial charge in [-0.1, -0.05) is 0 Å². The fourth-order valence-corrected chi connectivity index (χ4v) is 2.61. The molecule has 1 unspecified atom stereocenters. The molecule has 4 nitrogen and oxygen atoms in total. The number of hydrogen-bond donors (Lipinski definition) is 1. The number of rotatable bonds is 5. The first-order valence-corrected chi connectivity index (χ1v) is 6.43. The Morgan fingerprint density at radius 1 is 1.12 bits per heavy atom. The summed E-state index contributed by atoms with van der Waals surface area (Å²) in [5, 5.41) is 0. The van der Waals surface area contributed by atoms with E-state index in [1.54, 1.807) is 21.3 Å². The van der Waals surface area contributed by atoms with E-state index in [9.17, 15) is 0 Å². The molecule has 1 aromatic carbocycles. The molecule has 0 bridgehead atoms. The molecule has 0 saturated heterocycles. The van der Waals surface area contributed by atoms with Gasteiger partial charge < -0.3 is 19.9 Å². The molecule has 0 aliphatic rings. The van der Waals surface area contributed by atoms with Crippen molar-refractivity contribution in [3.63, 3.8) is 0 Å². The minimum atomic E-state index is 0.317. The van der Waals surface area contributed by atoms with Crippen molar-refractivity contribution in [3.8, 4) is 17.2 Å². The van der Waals surface area contributed by atoms with Gasteiger partial charge in [-0.3, -0.25) is 0 Å². The minimum Gasteiger partial charge on any atom is -0.492 e. The fourth-order valence-electron chi connectivity index (χ4n) is 1.77. The van der Waals surface area contributed by atoms with E-state index in [0.29, 0.717) is 17.5 Å². The Labute approximate surface area is 116 Å². The Kier molecular flexibility index (Phi) is 5.32. The van der Waals surface area contributed by atoms with Gasteiger partial charge in [0, 0.05) is 12.0 Å². The molecule has 0 amide bonds. The Morgan fingerprint density at radius 3 is 2.06 bits per heavy atom. The largest absolute Gasteiger partial charge is 0.492 e. The van der Waals surface area contributed by atoms with E-state index in [4.69, 9.17) is 14.2 Å². The maximum atomic E-state index is 5.43. The van der Waals surface area contributed by atoms with E-state index in [1.807, 2.05) is 0 Å². The van der Waals surface area contributed by atoms with Crippen LogP contribution in [-0.4, -0.2) is 27.4 Å². The van der Waals surface area contributed by atoms with Crippen LogP contribution in [0.2, 0.25) is 0 Å². The molecule has 0 fully saturated rings. The van der Waals surface area contributed by atoms with Gasteiger partial charge in [0.2, 0.25) is 5.75 Å². The highest BCUT2D eigenvalue weighted by Crippen LogP contribution is 2.43. The Balaban J connectivity index is 3.36. The van der Waals surface area contributed by atoms with Crippen LogP contribution >= 0.6 is 22.6 Å². The topological polar surface area (TPSA) is 55.3 Å². The van der Waals surface area contributed by atoms with Crippen LogP contribution in [0.1, 0.15) is 12.5 Å². The summed E-state index contributed by atoms with van der Waals surface area (Å²) in [6.45, 7) is 2.07. The van der Waals surface area contributed by atoms with Crippen molar-refractivity contribution in [1.82, 2.24) is 0 Å². The number of ether oxygens (including phenoxy) is 3. The molecular weight excluding hydrogens is 333 g/mol. The number of halogens is 1. The summed E-state index contributed by atoms with van der Waals surface area (Å²) in [5.74, 6) is 2.10. The number of quaternary nitrogens is 1. The molecule has 0 radical (unpaired) electrons. The third-order valence-electron chi connectivity index (χ3n) is 2.40. The predicted molar refractivity (Wildman–Crippen MR) is 74.9 cm³/mol. The van der Waals surface area contributed by atoms with Gasteiger partial charge in [0.15, 0.2) is 11.5 Å². The SMILES string of the molecule is COc1c(I)cc(CC(C)[NH3+])c(OC)c1OC. The summed E-state index contributed by atoms with van der Waals surface area (Å²) < 4.78 is 17.2. The first-order chi connectivity index (χ1) is 8.04. The van der Waals surface area contributed by atoms with Crippen molar-refractivity contribution < 1.29 is 19.9 Å². The lowest BCUT2D eigenvalue weighted by Gasteiger charge is -2.17. The molecular formula is C12H19INO3+. The normalized spacial score (nSPS) is 12.1. The van der Waals surface area contributed by atoms with Crippen molar-refractivity contribution in [2.45, 2.75) is 19.4 Å². The van der Waals surface area contributed by atoms with E-state index >= 15 is 0 Å². The van der Waals surface area contributed by atoms with Crippen molar-refractivity contribution >= 4 is 22.6 Å². The lowest BCUT2D eigenvalue weighted by molar-refractivity contribution is -0.413. The first-order valence-electron chi connectivity index (χ1n) is 5.35. The molecule has 1 atom stereocenters. The van der Waals surface area contributed by atoms with Crippen molar-refractivity contribution in [1.29, 1.82) is 0 Å². The quantitative estimate of drug-likeness (QED) is 0.817. The standard InChI is InChI=1S/C12H18INO3/c1-7(14)5-8-6-9(13)11(16-3)12(17-4)10(8)15-2/h6-7H,5,14H2,1-4H3/p+1. The summed E-state index contributed by atoms with van der Waals surface area (Å²) in [4.78, 5) is 0. The van der Waals surface area contributed by atoms with Crippen molar-refractivity contribution in [2.75, 3.05) is 21.3 Å². The zero-order valence-corrected chi connectivity index (χ0v) is 12.8. The molecule has 1 aromatic rings. The van der Waals surface area contributed by atoms with Crippen LogP contribution in [0.4, 0.5) is 0 Å². The molecule has 96 valence electrons. The molecule has 0 aliphatic carbocycles. The second kappa shape index (κ2) is 6.30. The Morgan fingerprint density at radius 2 is 1.65 bits per heavy atom. The van der Waals surface area contributed by atoms with E-state index in [2.05, 4.69) is 41.3 Å². The highest BCUT2D eigenvalue weighted by molar-refractivity contribution is 14.1. The second-order valence-corrected chi connectivity index (χ2v) is 5.09. The van der Waals surface area contributed by atoms with Crippen LogP contribution in [-0.2, 0) is 6.42 Å². The van der Waals surface area contributed by atoms with E-state index < -0.39 is 0 Å². The van der Waals surface area contributed by atoms with Crippen LogP contribution in [0, 0.1) is 3.57 Å². The highest BCUT2D eigenvalue weighted by atomic mass is 127. The van der Waals surface area contributed by atoms with Crippen LogP contribution in [0.25, 0.3) is 0 Å². The lowest BCUT2D eigenvalue weighted by Crippen LogP contribution is -2.60. The maximum absolute atomic E-state index is 5.43. The summed E-state index contributed by atoms with van der Waals surface area (Å²) in [7, 11) is 4.89. The zero-order valence-electron chi connectivity index (χ0n) is 10.7. The molecule has 0 aromatic heterocycles. The lowest BCUT2D eigenvalue weighted by atomic mass is 10.1. The molecule has 0 spiro atoms. The van der Waals surface area contributed by atoms with E-state index in [1.165, 1.54) is 0 Å². The highest BCUT2D eigenvalue weighted by Gasteiger charge is 2.20. The average molecular weight is 352 g/mol. The maximum Gasteiger partial charge on any atom is 0.204 e. The van der Waals surface area contributed by atoms with Crippen molar-refractivity contribution in [2.24, 2.45) is 0 Å². The zero-order chi connectivity index (χ0) is 13.0. The molecule has 0 heterocycles. The fraction of sp³-hybridized carbons (Fsp3) is 0.500. The molecule has 5 heteroatoms. The number of methoxy groups -OCH3 is 3. The van der Waals surface area contributed by atoms with E-state index in [0.717, 1.165) is 21.3 Å². The van der Waals surface area contributed by atoms with Gasteiger partial charge >= 0.3 is 0 Å². The molecule has 3 N–H and O–H groups in total. The van der Waals surface area contributed by atoms with Gasteiger partial charge in [0.05, 0.1) is 30.9 Å². The van der Waals surface area contributed by atoms with Crippen LogP contribution in [0.15, 0.2) is 6.07 Å². The summed E-state index contributed by atoms with van der Waals surface area (Å²) in [5.41, 5.74) is 5.10. The van der Waals surface area contributed by atoms with E-state index in [-0.39, 0.29) is 0 Å². The summed E-state index contributed by atoms with van der Waals surface area (Å²) >= 11 is 2.23. The third kappa shape index (κ3) is 3.16. The predicted octanol–water partition coefficient (Wildman–Crippen LogP) is 1.49. The third-order valence-corrected chi connectivity index (χ3v) is 3.20. The second-order valence-electron chi connectivity index (χ2n) is 3.93. The van der Waals surface area contributed by atoms with Gasteiger partial charge in [-0.2, -0.15) is 0 Å². The molecule has 0 aliphatic heterocycles. The van der Waals surface area contributed by atoms with Crippen molar-refractivity contribution in [3.05, 3.63) is 15.2 Å². The molecule has 1 rings (SSSR count). The summed E-state index contributed by atoms with van der Waals surface area (Å²) in [6.07, 6.45) is 0.847. The molecule has 0 saturated carbocycles. The first kappa shape index (κ1) is 14.4. The Bertz CT molecular complexity index is 394. The van der Waals surface area contributed by atoms with Gasteiger partial charge in [0.1, 0.15) is 0 Å². The van der Waals surface area contributed by atoms with Gasteiger partial charge in [-0.25, -0.2) is 0 Å². The minimum absolute atomic E-state index is 0.317. The molecule has 17 heavy (non-hydrogen) atoms. The smallest absolute Gasteiger partial charge is 0.204 e. The van der Waals surface area contributed by atoms with Crippen LogP contribution in [0.5, 0.6) is 17.2 Å². The Hall–Kier alpha value is -0.690. The van der Waals surface area contributed by atoms with Gasteiger partial charge in [-0.15, -0.1) is 0 Å². The number of hydrogen-bond acceptors (Lipinski definition) is 3. The van der Waals surface area contributed by atoms with Gasteiger partial charge in [0.25, 0.3) is 0 Å². The van der Waals surface area contributed by atoms with Crippen LogP contribution < -0.4 is 19.9 Å². The summed E-state index contributed by atoms with van der Waals surface area (Å²) in [6, 6.07) is 2.38. The van der Waals surface area contributed by atoms with Gasteiger partial charge in [-0.05, 0) is 35.6 Å². The number of benzene rings is 1.